The second-order valence-corrected chi connectivity index (χ2v) is 21.1. The molecule has 0 spiro atoms. The Hall–Kier alpha value is -8.50. The van der Waals surface area contributed by atoms with E-state index in [0.29, 0.717) is 0 Å². The number of hydrogen-bond acceptors (Lipinski definition) is 1. The van der Waals surface area contributed by atoms with Gasteiger partial charge >= 0.3 is 0 Å². The van der Waals surface area contributed by atoms with Gasteiger partial charge in [0.1, 0.15) is 0 Å². The van der Waals surface area contributed by atoms with Crippen LogP contribution in [0.4, 0.5) is 17.1 Å². The molecule has 0 saturated heterocycles. The molecule has 0 unspecified atom stereocenters. The van der Waals surface area contributed by atoms with E-state index in [4.69, 9.17) is 0 Å². The van der Waals surface area contributed by atoms with Crippen molar-refractivity contribution in [2.45, 2.75) is 0 Å². The molecule has 0 aliphatic rings. The maximum absolute atomic E-state index is 2.84. The molecule has 11 aromatic carbocycles. The van der Waals surface area contributed by atoms with E-state index in [1.807, 2.05) is 0 Å². The molecule has 0 radical (unpaired) electrons. The lowest BCUT2D eigenvalue weighted by atomic mass is 10.0. The highest BCUT2D eigenvalue weighted by Crippen LogP contribution is 2.41. The molecule has 12 aromatic rings. The monoisotopic (exact) mass is 870 g/mol. The van der Waals surface area contributed by atoms with Gasteiger partial charge in [-0.15, -0.1) is 0 Å². The molecule has 0 atom stereocenters. The van der Waals surface area contributed by atoms with Crippen molar-refractivity contribution in [3.8, 4) is 27.9 Å². The molecular formula is C64H46N2Si. The second kappa shape index (κ2) is 17.1. The minimum absolute atomic E-state index is 1.08. The molecule has 67 heavy (non-hydrogen) atoms. The van der Waals surface area contributed by atoms with Gasteiger partial charge in [-0.1, -0.05) is 218 Å². The third-order valence-electron chi connectivity index (χ3n) is 13.5. The van der Waals surface area contributed by atoms with E-state index in [0.717, 1.165) is 33.9 Å². The lowest BCUT2D eigenvalue weighted by Crippen LogP contribution is -2.74. The van der Waals surface area contributed by atoms with Crippen LogP contribution in [-0.4, -0.2) is 12.6 Å². The highest BCUT2D eigenvalue weighted by Gasteiger charge is 2.41. The first-order chi connectivity index (χ1) is 33.2. The van der Waals surface area contributed by atoms with Gasteiger partial charge in [-0.3, -0.25) is 0 Å². The van der Waals surface area contributed by atoms with Crippen molar-refractivity contribution in [3.63, 3.8) is 0 Å². The Bertz CT molecular complexity index is 3600. The van der Waals surface area contributed by atoms with Gasteiger partial charge in [-0.2, -0.15) is 0 Å². The minimum atomic E-state index is -2.84. The normalized spacial score (nSPS) is 11.6. The summed E-state index contributed by atoms with van der Waals surface area (Å²) in [7, 11) is -2.84. The Morgan fingerprint density at radius 3 is 1.40 bits per heavy atom. The lowest BCUT2D eigenvalue weighted by Gasteiger charge is -2.35. The average Bonchev–Trinajstić information content (AvgIpc) is 3.72. The standard InChI is InChI=1S/C64H46N2Si/c1-5-22-47(23-6-1)48-26-19-28-52(42-48)65(54-30-21-37-58(46-54)67(55-31-7-2-8-32-55,56-33-9-3-10-34-56)57-35-11-4-12-36-57)53-29-20-27-51(43-53)59-38-15-17-40-62(59)66-63-41-18-16-39-60(63)61-44-49-24-13-14-25-50(49)45-64(61)66/h1-46H. The van der Waals surface area contributed by atoms with Gasteiger partial charge in [0, 0.05) is 33.4 Å². The molecule has 0 N–H and O–H groups in total. The third kappa shape index (κ3) is 7.05. The van der Waals surface area contributed by atoms with Gasteiger partial charge in [0.25, 0.3) is 0 Å². The van der Waals surface area contributed by atoms with Crippen molar-refractivity contribution in [2.75, 3.05) is 4.90 Å². The van der Waals surface area contributed by atoms with Crippen LogP contribution in [0.5, 0.6) is 0 Å². The smallest absolute Gasteiger partial charge is 0.179 e. The summed E-state index contributed by atoms with van der Waals surface area (Å²) in [5.74, 6) is 0. The van der Waals surface area contributed by atoms with Gasteiger partial charge in [-0.25, -0.2) is 0 Å². The summed E-state index contributed by atoms with van der Waals surface area (Å²) >= 11 is 0. The number of hydrogen-bond donors (Lipinski definition) is 0. The van der Waals surface area contributed by atoms with Crippen molar-refractivity contribution in [1.29, 1.82) is 0 Å². The largest absolute Gasteiger partial charge is 0.310 e. The molecule has 0 aliphatic carbocycles. The van der Waals surface area contributed by atoms with Crippen LogP contribution < -0.4 is 25.6 Å². The van der Waals surface area contributed by atoms with Crippen LogP contribution in [0.3, 0.4) is 0 Å². The van der Waals surface area contributed by atoms with E-state index in [-0.39, 0.29) is 0 Å². The number of benzene rings is 11. The molecule has 1 heterocycles. The second-order valence-electron chi connectivity index (χ2n) is 17.3. The zero-order valence-corrected chi connectivity index (χ0v) is 38.0. The molecule has 0 aliphatic heterocycles. The van der Waals surface area contributed by atoms with Crippen LogP contribution in [0.25, 0.3) is 60.5 Å². The Morgan fingerprint density at radius 1 is 0.284 bits per heavy atom. The molecule has 0 saturated carbocycles. The fourth-order valence-corrected chi connectivity index (χ4v) is 15.3. The number of aromatic nitrogens is 1. The maximum atomic E-state index is 2.47. The number of rotatable bonds is 10. The summed E-state index contributed by atoms with van der Waals surface area (Å²) in [5, 5.41) is 10.3. The fraction of sp³-hybridized carbons (Fsp3) is 0. The first kappa shape index (κ1) is 40.0. The molecule has 0 amide bonds. The molecule has 12 rings (SSSR count). The van der Waals surface area contributed by atoms with Crippen molar-refractivity contribution in [3.05, 3.63) is 279 Å². The zero-order valence-electron chi connectivity index (χ0n) is 37.0. The SMILES string of the molecule is c1ccc(-c2cccc(N(c3cccc(-c4ccccc4-n4c5ccccc5c5cc6ccccc6cc54)c3)c3cccc([Si](c4ccccc4)(c4ccccc4)c4ccccc4)c3)c2)cc1. The summed E-state index contributed by atoms with van der Waals surface area (Å²) in [6, 6.07) is 103. The average molecular weight is 871 g/mol. The minimum Gasteiger partial charge on any atom is -0.310 e. The van der Waals surface area contributed by atoms with Crippen LogP contribution in [0.1, 0.15) is 0 Å². The molecule has 316 valence electrons. The molecular weight excluding hydrogens is 825 g/mol. The highest BCUT2D eigenvalue weighted by molar-refractivity contribution is 7.19. The molecule has 3 heteroatoms. The van der Waals surface area contributed by atoms with E-state index in [2.05, 4.69) is 289 Å². The number of para-hydroxylation sites is 2. The quantitative estimate of drug-likeness (QED) is 0.0982. The van der Waals surface area contributed by atoms with E-state index < -0.39 is 8.07 Å². The van der Waals surface area contributed by atoms with Gasteiger partial charge in [-0.05, 0) is 109 Å². The Balaban J connectivity index is 1.08. The van der Waals surface area contributed by atoms with Crippen LogP contribution >= 0.6 is 0 Å². The van der Waals surface area contributed by atoms with E-state index >= 15 is 0 Å². The first-order valence-corrected chi connectivity index (χ1v) is 25.1. The van der Waals surface area contributed by atoms with Gasteiger partial charge in [0.2, 0.25) is 0 Å². The van der Waals surface area contributed by atoms with Crippen LogP contribution in [0.15, 0.2) is 279 Å². The van der Waals surface area contributed by atoms with E-state index in [1.165, 1.54) is 64.5 Å². The third-order valence-corrected chi connectivity index (χ3v) is 18.2. The Kier molecular flexibility index (Phi) is 10.2. The number of anilines is 3. The maximum Gasteiger partial charge on any atom is 0.179 e. The topological polar surface area (TPSA) is 8.17 Å². The highest BCUT2D eigenvalue weighted by atomic mass is 28.3. The Morgan fingerprint density at radius 2 is 0.746 bits per heavy atom. The van der Waals surface area contributed by atoms with Gasteiger partial charge in [0.05, 0.1) is 16.7 Å². The fourth-order valence-electron chi connectivity index (χ4n) is 10.5. The first-order valence-electron chi connectivity index (χ1n) is 23.1. The van der Waals surface area contributed by atoms with Crippen molar-refractivity contribution >= 4 is 78.5 Å². The number of fused-ring (bicyclic) bond motifs is 4. The predicted octanol–water partition coefficient (Wildman–Crippen LogP) is 14.1. The van der Waals surface area contributed by atoms with Crippen molar-refractivity contribution in [2.24, 2.45) is 0 Å². The van der Waals surface area contributed by atoms with Crippen LogP contribution in [0.2, 0.25) is 0 Å². The lowest BCUT2D eigenvalue weighted by molar-refractivity contribution is 1.18. The van der Waals surface area contributed by atoms with Crippen LogP contribution in [-0.2, 0) is 0 Å². The Labute approximate surface area is 392 Å². The summed E-state index contributed by atoms with van der Waals surface area (Å²) in [6.45, 7) is 0. The summed E-state index contributed by atoms with van der Waals surface area (Å²) in [5.41, 5.74) is 11.5. The molecule has 0 fully saturated rings. The van der Waals surface area contributed by atoms with Crippen LogP contribution in [0, 0.1) is 0 Å². The number of nitrogens with zero attached hydrogens (tertiary/aromatic N) is 2. The molecule has 1 aromatic heterocycles. The van der Waals surface area contributed by atoms with Gasteiger partial charge in [0.15, 0.2) is 8.07 Å². The summed E-state index contributed by atoms with van der Waals surface area (Å²) in [4.78, 5) is 2.45. The van der Waals surface area contributed by atoms with Crippen molar-refractivity contribution in [1.82, 2.24) is 4.57 Å². The van der Waals surface area contributed by atoms with Gasteiger partial charge < -0.3 is 9.47 Å². The van der Waals surface area contributed by atoms with Crippen molar-refractivity contribution < 1.29 is 0 Å². The summed E-state index contributed by atoms with van der Waals surface area (Å²) in [6.07, 6.45) is 0. The molecule has 2 nitrogen and oxygen atoms in total. The summed E-state index contributed by atoms with van der Waals surface area (Å²) < 4.78 is 2.46. The predicted molar refractivity (Wildman–Crippen MR) is 287 cm³/mol. The molecule has 0 bridgehead atoms. The van der Waals surface area contributed by atoms with E-state index in [1.54, 1.807) is 0 Å². The zero-order chi connectivity index (χ0) is 44.6. The van der Waals surface area contributed by atoms with E-state index in [9.17, 15) is 0 Å².